The minimum Gasteiger partial charge on any atom is -0.373 e. The van der Waals surface area contributed by atoms with Crippen molar-refractivity contribution in [2.75, 3.05) is 26.2 Å². The molecule has 2 heterocycles. The van der Waals surface area contributed by atoms with Crippen LogP contribution in [0.2, 0.25) is 5.02 Å². The fourth-order valence-electron chi connectivity index (χ4n) is 3.11. The lowest BCUT2D eigenvalue weighted by Crippen LogP contribution is -2.51. The third-order valence-corrected chi connectivity index (χ3v) is 4.53. The van der Waals surface area contributed by atoms with Gasteiger partial charge in [0.2, 0.25) is 0 Å². The number of ether oxygens (including phenoxy) is 1. The van der Waals surface area contributed by atoms with Gasteiger partial charge in [-0.2, -0.15) is 0 Å². The zero-order chi connectivity index (χ0) is 15.4. The van der Waals surface area contributed by atoms with Crippen molar-refractivity contribution in [3.8, 4) is 0 Å². The minimum absolute atomic E-state index is 0.0891. The van der Waals surface area contributed by atoms with E-state index in [4.69, 9.17) is 16.3 Å². The molecule has 6 heteroatoms. The van der Waals surface area contributed by atoms with Crippen molar-refractivity contribution in [2.45, 2.75) is 31.5 Å². The molecule has 2 saturated heterocycles. The number of carbonyl (C=O) groups excluding carboxylic acids is 1. The molecule has 1 aromatic rings. The standard InChI is InChI=1S/C16H22ClN3O2/c17-13-4-1-3-12(7-13)8-18-16(21)19-9-15-10-20-6-2-5-14(20)11-22-15/h1,3-4,7,14-15H,2,5-6,8-11H2,(H2,18,19,21). The smallest absolute Gasteiger partial charge is 0.315 e. The van der Waals surface area contributed by atoms with Gasteiger partial charge in [0.05, 0.1) is 12.7 Å². The summed E-state index contributed by atoms with van der Waals surface area (Å²) in [6.07, 6.45) is 2.58. The number of amides is 2. The van der Waals surface area contributed by atoms with E-state index in [-0.39, 0.29) is 12.1 Å². The maximum Gasteiger partial charge on any atom is 0.315 e. The molecule has 0 aromatic heterocycles. The van der Waals surface area contributed by atoms with E-state index in [1.54, 1.807) is 0 Å². The SMILES string of the molecule is O=C(NCc1cccc(Cl)c1)NCC1CN2CCCC2CO1. The fourth-order valence-corrected chi connectivity index (χ4v) is 3.32. The van der Waals surface area contributed by atoms with Crippen molar-refractivity contribution in [1.29, 1.82) is 0 Å². The van der Waals surface area contributed by atoms with Crippen molar-refractivity contribution < 1.29 is 9.53 Å². The van der Waals surface area contributed by atoms with Crippen LogP contribution >= 0.6 is 11.6 Å². The van der Waals surface area contributed by atoms with Crippen molar-refractivity contribution in [3.05, 3.63) is 34.9 Å². The number of urea groups is 1. The molecule has 2 atom stereocenters. The number of morpholine rings is 1. The van der Waals surface area contributed by atoms with Crippen LogP contribution in [-0.2, 0) is 11.3 Å². The summed E-state index contributed by atoms with van der Waals surface area (Å²) < 4.78 is 5.82. The average Bonchev–Trinajstić information content (AvgIpc) is 2.98. The van der Waals surface area contributed by atoms with Gasteiger partial charge in [0.1, 0.15) is 0 Å². The summed E-state index contributed by atoms with van der Waals surface area (Å²) >= 11 is 5.92. The zero-order valence-electron chi connectivity index (χ0n) is 12.6. The minimum atomic E-state index is -0.174. The molecule has 2 N–H and O–H groups in total. The highest BCUT2D eigenvalue weighted by Crippen LogP contribution is 2.22. The van der Waals surface area contributed by atoms with Crippen molar-refractivity contribution >= 4 is 17.6 Å². The third kappa shape index (κ3) is 4.12. The monoisotopic (exact) mass is 323 g/mol. The summed E-state index contributed by atoms with van der Waals surface area (Å²) in [5, 5.41) is 6.39. The van der Waals surface area contributed by atoms with Crippen LogP contribution in [-0.4, -0.2) is 49.3 Å². The molecule has 2 unspecified atom stereocenters. The van der Waals surface area contributed by atoms with Crippen LogP contribution in [0.15, 0.2) is 24.3 Å². The van der Waals surface area contributed by atoms with Crippen LogP contribution in [0.25, 0.3) is 0 Å². The van der Waals surface area contributed by atoms with Gasteiger partial charge in [0.15, 0.2) is 0 Å². The Bertz CT molecular complexity index is 526. The van der Waals surface area contributed by atoms with E-state index in [0.29, 0.717) is 24.2 Å². The first-order valence-corrected chi connectivity index (χ1v) is 8.20. The lowest BCUT2D eigenvalue weighted by Gasteiger charge is -2.35. The number of hydrogen-bond acceptors (Lipinski definition) is 3. The zero-order valence-corrected chi connectivity index (χ0v) is 13.3. The second-order valence-electron chi connectivity index (χ2n) is 5.94. The maximum absolute atomic E-state index is 11.8. The van der Waals surface area contributed by atoms with Crippen molar-refractivity contribution in [2.24, 2.45) is 0 Å². The molecular formula is C16H22ClN3O2. The molecule has 5 nitrogen and oxygen atoms in total. The van der Waals surface area contributed by atoms with Gasteiger partial charge < -0.3 is 15.4 Å². The van der Waals surface area contributed by atoms with E-state index in [1.807, 2.05) is 24.3 Å². The molecule has 3 rings (SSSR count). The van der Waals surface area contributed by atoms with Crippen LogP contribution in [0.5, 0.6) is 0 Å². The van der Waals surface area contributed by atoms with Crippen molar-refractivity contribution in [3.63, 3.8) is 0 Å². The van der Waals surface area contributed by atoms with E-state index >= 15 is 0 Å². The van der Waals surface area contributed by atoms with Gasteiger partial charge in [0, 0.05) is 30.7 Å². The number of benzene rings is 1. The Morgan fingerprint density at radius 2 is 2.32 bits per heavy atom. The lowest BCUT2D eigenvalue weighted by atomic mass is 10.2. The molecule has 0 saturated carbocycles. The Morgan fingerprint density at radius 1 is 1.41 bits per heavy atom. The quantitative estimate of drug-likeness (QED) is 0.891. The van der Waals surface area contributed by atoms with Crippen LogP contribution in [0.3, 0.4) is 0 Å². The first kappa shape index (κ1) is 15.6. The Labute approximate surface area is 136 Å². The van der Waals surface area contributed by atoms with Gasteiger partial charge in [0.25, 0.3) is 0 Å². The molecule has 2 amide bonds. The highest BCUT2D eigenvalue weighted by Gasteiger charge is 2.32. The molecule has 0 spiro atoms. The Kier molecular flexibility index (Phi) is 5.18. The fraction of sp³-hybridized carbons (Fsp3) is 0.562. The summed E-state index contributed by atoms with van der Waals surface area (Å²) in [7, 11) is 0. The van der Waals surface area contributed by atoms with Crippen LogP contribution < -0.4 is 10.6 Å². The molecule has 0 radical (unpaired) electrons. The van der Waals surface area contributed by atoms with Crippen LogP contribution in [0.1, 0.15) is 18.4 Å². The van der Waals surface area contributed by atoms with Crippen molar-refractivity contribution in [1.82, 2.24) is 15.5 Å². The molecule has 2 aliphatic rings. The molecule has 120 valence electrons. The number of rotatable bonds is 4. The van der Waals surface area contributed by atoms with E-state index in [2.05, 4.69) is 15.5 Å². The molecule has 22 heavy (non-hydrogen) atoms. The van der Waals surface area contributed by atoms with Crippen LogP contribution in [0.4, 0.5) is 4.79 Å². The molecule has 2 aliphatic heterocycles. The van der Waals surface area contributed by atoms with Gasteiger partial charge >= 0.3 is 6.03 Å². The number of carbonyl (C=O) groups is 1. The lowest BCUT2D eigenvalue weighted by molar-refractivity contribution is -0.0457. The van der Waals surface area contributed by atoms with E-state index in [9.17, 15) is 4.79 Å². The maximum atomic E-state index is 11.8. The highest BCUT2D eigenvalue weighted by molar-refractivity contribution is 6.30. The average molecular weight is 324 g/mol. The van der Waals surface area contributed by atoms with Gasteiger partial charge in [-0.3, -0.25) is 4.90 Å². The Balaban J connectivity index is 1.37. The summed E-state index contributed by atoms with van der Waals surface area (Å²) in [6.45, 7) is 3.87. The van der Waals surface area contributed by atoms with Gasteiger partial charge in [-0.1, -0.05) is 23.7 Å². The number of halogens is 1. The van der Waals surface area contributed by atoms with Gasteiger partial charge in [-0.15, -0.1) is 0 Å². The summed E-state index contributed by atoms with van der Waals surface area (Å²) in [5.41, 5.74) is 0.983. The number of hydrogen-bond donors (Lipinski definition) is 2. The second-order valence-corrected chi connectivity index (χ2v) is 6.38. The molecule has 0 bridgehead atoms. The number of fused-ring (bicyclic) bond motifs is 1. The highest BCUT2D eigenvalue weighted by atomic mass is 35.5. The van der Waals surface area contributed by atoms with Gasteiger partial charge in [-0.25, -0.2) is 4.79 Å². The second kappa shape index (κ2) is 7.31. The predicted octanol–water partition coefficient (Wildman–Crippen LogP) is 2.00. The van der Waals surface area contributed by atoms with Crippen LogP contribution in [0, 0.1) is 0 Å². The van der Waals surface area contributed by atoms with E-state index in [1.165, 1.54) is 12.8 Å². The number of nitrogens with zero attached hydrogens (tertiary/aromatic N) is 1. The molecule has 0 aliphatic carbocycles. The summed E-state index contributed by atoms with van der Waals surface area (Å²) in [4.78, 5) is 14.3. The molecule has 2 fully saturated rings. The Hall–Kier alpha value is -1.30. The van der Waals surface area contributed by atoms with E-state index < -0.39 is 0 Å². The predicted molar refractivity (Wildman–Crippen MR) is 86.0 cm³/mol. The molecule has 1 aromatic carbocycles. The topological polar surface area (TPSA) is 53.6 Å². The summed E-state index contributed by atoms with van der Waals surface area (Å²) in [6, 6.07) is 7.89. The first-order valence-electron chi connectivity index (χ1n) is 7.82. The van der Waals surface area contributed by atoms with E-state index in [0.717, 1.165) is 25.3 Å². The van der Waals surface area contributed by atoms with Gasteiger partial charge in [-0.05, 0) is 37.1 Å². The largest absolute Gasteiger partial charge is 0.373 e. The molecular weight excluding hydrogens is 302 g/mol. The third-order valence-electron chi connectivity index (χ3n) is 4.29. The first-order chi connectivity index (χ1) is 10.7. The normalized spacial score (nSPS) is 24.8. The number of nitrogens with one attached hydrogen (secondary N) is 2. The Morgan fingerprint density at radius 3 is 3.18 bits per heavy atom. The summed E-state index contributed by atoms with van der Waals surface area (Å²) in [5.74, 6) is 0.